The molecule has 0 aromatic heterocycles. The van der Waals surface area contributed by atoms with Gasteiger partial charge in [0.15, 0.2) is 0 Å². The summed E-state index contributed by atoms with van der Waals surface area (Å²) in [5.41, 5.74) is 5.95. The number of hydrogen-bond donors (Lipinski definition) is 1. The van der Waals surface area contributed by atoms with Crippen molar-refractivity contribution < 1.29 is 0 Å². The Hall–Kier alpha value is -0.820. The van der Waals surface area contributed by atoms with Gasteiger partial charge in [0, 0.05) is 6.04 Å². The predicted molar refractivity (Wildman–Crippen MR) is 60.7 cm³/mol. The van der Waals surface area contributed by atoms with E-state index in [9.17, 15) is 0 Å². The van der Waals surface area contributed by atoms with E-state index in [1.54, 1.807) is 5.56 Å². The molecular weight excluding hydrogens is 170 g/mol. The molecular formula is C13H19N. The van der Waals surface area contributed by atoms with Crippen LogP contribution in [-0.2, 0) is 0 Å². The maximum atomic E-state index is 3.40. The standard InChI is InChI=1S/C13H19N/c1-8-5-9(2)13-10(3)7-12(14-4)11(13)6-8/h5-6,10,12,14H,7H2,1-4H3. The molecule has 1 aliphatic rings. The van der Waals surface area contributed by atoms with Crippen molar-refractivity contribution in [2.24, 2.45) is 0 Å². The van der Waals surface area contributed by atoms with Gasteiger partial charge in [-0.3, -0.25) is 0 Å². The van der Waals surface area contributed by atoms with Gasteiger partial charge in [-0.25, -0.2) is 0 Å². The maximum absolute atomic E-state index is 3.40. The highest BCUT2D eigenvalue weighted by Gasteiger charge is 2.28. The Kier molecular flexibility index (Phi) is 2.36. The van der Waals surface area contributed by atoms with Crippen molar-refractivity contribution in [3.63, 3.8) is 0 Å². The first-order chi connectivity index (χ1) is 6.63. The molecule has 2 rings (SSSR count). The van der Waals surface area contributed by atoms with Gasteiger partial charge in [-0.1, -0.05) is 24.6 Å². The smallest absolute Gasteiger partial charge is 0.0326 e. The average Bonchev–Trinajstić information content (AvgIpc) is 2.42. The molecule has 14 heavy (non-hydrogen) atoms. The number of aryl methyl sites for hydroxylation is 2. The van der Waals surface area contributed by atoms with E-state index >= 15 is 0 Å². The molecule has 1 aromatic rings. The second-order valence-corrected chi connectivity index (χ2v) is 4.56. The third kappa shape index (κ3) is 1.36. The largest absolute Gasteiger partial charge is 0.313 e. The van der Waals surface area contributed by atoms with Crippen LogP contribution in [0.1, 0.15) is 47.6 Å². The summed E-state index contributed by atoms with van der Waals surface area (Å²) in [6, 6.07) is 5.21. The summed E-state index contributed by atoms with van der Waals surface area (Å²) in [6.07, 6.45) is 1.25. The van der Waals surface area contributed by atoms with E-state index < -0.39 is 0 Å². The first-order valence-electron chi connectivity index (χ1n) is 5.41. The number of benzene rings is 1. The zero-order valence-corrected chi connectivity index (χ0v) is 9.52. The van der Waals surface area contributed by atoms with Crippen molar-refractivity contribution in [3.8, 4) is 0 Å². The van der Waals surface area contributed by atoms with Gasteiger partial charge in [0.2, 0.25) is 0 Å². The quantitative estimate of drug-likeness (QED) is 0.716. The highest BCUT2D eigenvalue weighted by molar-refractivity contribution is 5.45. The van der Waals surface area contributed by atoms with Crippen LogP contribution in [0.2, 0.25) is 0 Å². The molecule has 0 aliphatic heterocycles. The summed E-state index contributed by atoms with van der Waals surface area (Å²) in [5.74, 6) is 0.711. The lowest BCUT2D eigenvalue weighted by molar-refractivity contribution is 0.552. The Labute approximate surface area is 86.5 Å². The van der Waals surface area contributed by atoms with E-state index in [1.807, 2.05) is 0 Å². The Morgan fingerprint density at radius 3 is 2.64 bits per heavy atom. The van der Waals surface area contributed by atoms with Crippen molar-refractivity contribution in [2.75, 3.05) is 7.05 Å². The Balaban J connectivity index is 2.56. The normalized spacial score (nSPS) is 25.1. The molecule has 0 fully saturated rings. The summed E-state index contributed by atoms with van der Waals surface area (Å²) in [5, 5.41) is 3.40. The lowest BCUT2D eigenvalue weighted by Gasteiger charge is -2.12. The molecule has 2 unspecified atom stereocenters. The molecule has 0 radical (unpaired) electrons. The van der Waals surface area contributed by atoms with Crippen molar-refractivity contribution >= 4 is 0 Å². The fourth-order valence-corrected chi connectivity index (χ4v) is 2.84. The lowest BCUT2D eigenvalue weighted by Crippen LogP contribution is -2.13. The summed E-state index contributed by atoms with van der Waals surface area (Å²) >= 11 is 0. The number of rotatable bonds is 1. The molecule has 0 amide bonds. The van der Waals surface area contributed by atoms with Crippen LogP contribution < -0.4 is 5.32 Å². The second-order valence-electron chi connectivity index (χ2n) is 4.56. The fourth-order valence-electron chi connectivity index (χ4n) is 2.84. The molecule has 1 nitrogen and oxygen atoms in total. The summed E-state index contributed by atoms with van der Waals surface area (Å²) in [4.78, 5) is 0. The minimum absolute atomic E-state index is 0.568. The first-order valence-corrected chi connectivity index (χ1v) is 5.41. The molecule has 1 N–H and O–H groups in total. The summed E-state index contributed by atoms with van der Waals surface area (Å²) in [7, 11) is 2.06. The van der Waals surface area contributed by atoms with Crippen LogP contribution in [-0.4, -0.2) is 7.05 Å². The van der Waals surface area contributed by atoms with Gasteiger partial charge in [-0.05, 0) is 49.9 Å². The maximum Gasteiger partial charge on any atom is 0.0326 e. The molecule has 2 atom stereocenters. The van der Waals surface area contributed by atoms with Crippen molar-refractivity contribution in [2.45, 2.75) is 39.2 Å². The van der Waals surface area contributed by atoms with E-state index in [0.717, 1.165) is 0 Å². The van der Waals surface area contributed by atoms with Crippen LogP contribution in [0.4, 0.5) is 0 Å². The lowest BCUT2D eigenvalue weighted by atomic mass is 9.96. The first kappa shape index (κ1) is 9.72. The minimum Gasteiger partial charge on any atom is -0.313 e. The Morgan fingerprint density at radius 1 is 1.29 bits per heavy atom. The van der Waals surface area contributed by atoms with E-state index in [4.69, 9.17) is 0 Å². The van der Waals surface area contributed by atoms with Crippen LogP contribution in [0, 0.1) is 13.8 Å². The molecule has 0 spiro atoms. The SMILES string of the molecule is CNC1CC(C)c2c(C)cc(C)cc21. The number of nitrogens with one attached hydrogen (secondary N) is 1. The number of hydrogen-bond acceptors (Lipinski definition) is 1. The minimum atomic E-state index is 0.568. The van der Waals surface area contributed by atoms with Gasteiger partial charge in [0.05, 0.1) is 0 Å². The third-order valence-corrected chi connectivity index (χ3v) is 3.37. The highest BCUT2D eigenvalue weighted by atomic mass is 14.9. The van der Waals surface area contributed by atoms with E-state index in [-0.39, 0.29) is 0 Å². The topological polar surface area (TPSA) is 12.0 Å². The predicted octanol–water partition coefficient (Wildman–Crippen LogP) is 3.07. The molecule has 0 saturated heterocycles. The van der Waals surface area contributed by atoms with E-state index in [2.05, 4.69) is 45.3 Å². The van der Waals surface area contributed by atoms with Crippen LogP contribution in [0.5, 0.6) is 0 Å². The molecule has 76 valence electrons. The van der Waals surface area contributed by atoms with Gasteiger partial charge in [-0.2, -0.15) is 0 Å². The van der Waals surface area contributed by atoms with Gasteiger partial charge in [-0.15, -0.1) is 0 Å². The fraction of sp³-hybridized carbons (Fsp3) is 0.538. The van der Waals surface area contributed by atoms with E-state index in [0.29, 0.717) is 12.0 Å². The third-order valence-electron chi connectivity index (χ3n) is 3.37. The zero-order valence-electron chi connectivity index (χ0n) is 9.52. The van der Waals surface area contributed by atoms with Crippen molar-refractivity contribution in [1.82, 2.24) is 5.32 Å². The number of fused-ring (bicyclic) bond motifs is 1. The van der Waals surface area contributed by atoms with Crippen molar-refractivity contribution in [3.05, 3.63) is 34.4 Å². The van der Waals surface area contributed by atoms with Crippen LogP contribution in [0.3, 0.4) is 0 Å². The molecule has 0 bridgehead atoms. The van der Waals surface area contributed by atoms with Crippen LogP contribution in [0.25, 0.3) is 0 Å². The summed E-state index contributed by atoms with van der Waals surface area (Å²) < 4.78 is 0. The average molecular weight is 189 g/mol. The van der Waals surface area contributed by atoms with Gasteiger partial charge >= 0.3 is 0 Å². The van der Waals surface area contributed by atoms with Crippen LogP contribution >= 0.6 is 0 Å². The molecule has 0 heterocycles. The van der Waals surface area contributed by atoms with Gasteiger partial charge < -0.3 is 5.32 Å². The summed E-state index contributed by atoms with van der Waals surface area (Å²) in [6.45, 7) is 6.75. The van der Waals surface area contributed by atoms with E-state index in [1.165, 1.54) is 23.1 Å². The van der Waals surface area contributed by atoms with Gasteiger partial charge in [0.25, 0.3) is 0 Å². The monoisotopic (exact) mass is 189 g/mol. The van der Waals surface area contributed by atoms with Crippen LogP contribution in [0.15, 0.2) is 12.1 Å². The Morgan fingerprint density at radius 2 is 2.00 bits per heavy atom. The molecule has 1 aromatic carbocycles. The second kappa shape index (κ2) is 3.39. The van der Waals surface area contributed by atoms with Gasteiger partial charge in [0.1, 0.15) is 0 Å². The molecule has 1 aliphatic carbocycles. The molecule has 1 heteroatoms. The molecule has 0 saturated carbocycles. The van der Waals surface area contributed by atoms with Crippen molar-refractivity contribution in [1.29, 1.82) is 0 Å². The zero-order chi connectivity index (χ0) is 10.3. The highest BCUT2D eigenvalue weighted by Crippen LogP contribution is 2.41. The Bertz CT molecular complexity index is 354.